The van der Waals surface area contributed by atoms with E-state index in [1.807, 2.05) is 12.1 Å². The van der Waals surface area contributed by atoms with Gasteiger partial charge in [0.25, 0.3) is 0 Å². The van der Waals surface area contributed by atoms with Crippen LogP contribution in [-0.4, -0.2) is 36.9 Å². The molecule has 3 N–H and O–H groups in total. The van der Waals surface area contributed by atoms with E-state index in [9.17, 15) is 4.79 Å². The van der Waals surface area contributed by atoms with E-state index in [0.717, 1.165) is 31.6 Å². The lowest BCUT2D eigenvalue weighted by molar-refractivity contribution is 0.101. The highest BCUT2D eigenvalue weighted by Gasteiger charge is 2.16. The van der Waals surface area contributed by atoms with E-state index in [1.54, 1.807) is 13.0 Å². The highest BCUT2D eigenvalue weighted by atomic mass is 16.1. The van der Waals surface area contributed by atoms with Crippen LogP contribution in [0.4, 0.5) is 11.4 Å². The van der Waals surface area contributed by atoms with E-state index in [1.165, 1.54) is 0 Å². The van der Waals surface area contributed by atoms with E-state index < -0.39 is 0 Å². The van der Waals surface area contributed by atoms with E-state index in [2.05, 4.69) is 17.3 Å². The van der Waals surface area contributed by atoms with Gasteiger partial charge >= 0.3 is 0 Å². The number of likely N-dealkylation sites (tertiary alicyclic amines) is 1. The summed E-state index contributed by atoms with van der Waals surface area (Å²) in [5, 5.41) is 3.49. The molecule has 0 aliphatic carbocycles. The molecular formula is C14H21N3O. The molecule has 98 valence electrons. The Kier molecular flexibility index (Phi) is 3.87. The first kappa shape index (κ1) is 12.9. The molecule has 2 rings (SSSR count). The minimum atomic E-state index is 0.0135. The molecule has 1 heterocycles. The van der Waals surface area contributed by atoms with Crippen molar-refractivity contribution in [3.05, 3.63) is 23.8 Å². The number of carbonyl (C=O) groups is 1. The zero-order valence-corrected chi connectivity index (χ0v) is 11.1. The van der Waals surface area contributed by atoms with Crippen LogP contribution in [-0.2, 0) is 0 Å². The Bertz CT molecular complexity index is 437. The summed E-state index contributed by atoms with van der Waals surface area (Å²) in [6, 6.07) is 6.09. The van der Waals surface area contributed by atoms with Crippen molar-refractivity contribution in [2.45, 2.75) is 25.8 Å². The van der Waals surface area contributed by atoms with Gasteiger partial charge in [0, 0.05) is 23.0 Å². The molecule has 4 nitrogen and oxygen atoms in total. The monoisotopic (exact) mass is 247 g/mol. The highest BCUT2D eigenvalue weighted by molar-refractivity contribution is 6.00. The quantitative estimate of drug-likeness (QED) is 0.633. The fourth-order valence-corrected chi connectivity index (χ4v) is 2.34. The fourth-order valence-electron chi connectivity index (χ4n) is 2.34. The topological polar surface area (TPSA) is 58.4 Å². The maximum Gasteiger partial charge on any atom is 0.161 e. The van der Waals surface area contributed by atoms with E-state index in [4.69, 9.17) is 5.73 Å². The average Bonchev–Trinajstić information content (AvgIpc) is 2.34. The second-order valence-electron chi connectivity index (χ2n) is 5.08. The summed E-state index contributed by atoms with van der Waals surface area (Å²) in [6.07, 6.45) is 2.27. The maximum absolute atomic E-state index is 11.4. The molecular weight excluding hydrogens is 226 g/mol. The van der Waals surface area contributed by atoms with Crippen LogP contribution in [0.15, 0.2) is 18.2 Å². The number of Topliss-reactive ketones (excluding diaryl/α,β-unsaturated/α-hetero) is 1. The lowest BCUT2D eigenvalue weighted by Gasteiger charge is -2.30. The fraction of sp³-hybridized carbons (Fsp3) is 0.500. The molecule has 4 heteroatoms. The lowest BCUT2D eigenvalue weighted by atomic mass is 10.0. The maximum atomic E-state index is 11.4. The normalized spacial score (nSPS) is 17.7. The summed E-state index contributed by atoms with van der Waals surface area (Å²) in [4.78, 5) is 13.8. The van der Waals surface area contributed by atoms with E-state index in [-0.39, 0.29) is 5.78 Å². The number of piperidine rings is 1. The summed E-state index contributed by atoms with van der Waals surface area (Å²) in [7, 11) is 2.15. The second kappa shape index (κ2) is 5.40. The highest BCUT2D eigenvalue weighted by Crippen LogP contribution is 2.21. The van der Waals surface area contributed by atoms with Gasteiger partial charge in [-0.25, -0.2) is 0 Å². The summed E-state index contributed by atoms with van der Waals surface area (Å²) in [5.41, 5.74) is 7.93. The van der Waals surface area contributed by atoms with E-state index in [0.29, 0.717) is 17.3 Å². The number of anilines is 2. The smallest absolute Gasteiger partial charge is 0.161 e. The molecule has 0 saturated carbocycles. The second-order valence-corrected chi connectivity index (χ2v) is 5.08. The number of nitrogen functional groups attached to an aromatic ring is 1. The van der Waals surface area contributed by atoms with Crippen molar-refractivity contribution >= 4 is 17.2 Å². The molecule has 1 aromatic rings. The number of hydrogen-bond acceptors (Lipinski definition) is 4. The SMILES string of the molecule is CC(=O)c1cc(NC2CCN(C)CC2)ccc1N. The Morgan fingerprint density at radius 1 is 1.39 bits per heavy atom. The molecule has 1 aliphatic heterocycles. The van der Waals surface area contributed by atoms with Crippen LogP contribution < -0.4 is 11.1 Å². The first-order valence-corrected chi connectivity index (χ1v) is 6.42. The molecule has 0 amide bonds. The zero-order valence-electron chi connectivity index (χ0n) is 11.1. The van der Waals surface area contributed by atoms with Gasteiger partial charge in [-0.2, -0.15) is 0 Å². The van der Waals surface area contributed by atoms with Crippen LogP contribution in [0.2, 0.25) is 0 Å². The van der Waals surface area contributed by atoms with Crippen molar-refractivity contribution < 1.29 is 4.79 Å². The molecule has 18 heavy (non-hydrogen) atoms. The van der Waals surface area contributed by atoms with Crippen LogP contribution >= 0.6 is 0 Å². The Morgan fingerprint density at radius 2 is 2.06 bits per heavy atom. The number of benzene rings is 1. The Morgan fingerprint density at radius 3 is 2.67 bits per heavy atom. The molecule has 0 atom stereocenters. The van der Waals surface area contributed by atoms with Gasteiger partial charge in [0.15, 0.2) is 5.78 Å². The van der Waals surface area contributed by atoms with Gasteiger partial charge in [-0.05, 0) is 58.1 Å². The summed E-state index contributed by atoms with van der Waals surface area (Å²) >= 11 is 0. The van der Waals surface area contributed by atoms with Crippen molar-refractivity contribution in [1.82, 2.24) is 4.90 Å². The molecule has 0 unspecified atom stereocenters. The minimum Gasteiger partial charge on any atom is -0.398 e. The predicted molar refractivity (Wildman–Crippen MR) is 75.0 cm³/mol. The standard InChI is InChI=1S/C14H21N3O/c1-10(18)13-9-12(3-4-14(13)15)16-11-5-7-17(2)8-6-11/h3-4,9,11,16H,5-8,15H2,1-2H3. The number of nitrogens with one attached hydrogen (secondary N) is 1. The van der Waals surface area contributed by atoms with E-state index >= 15 is 0 Å². The number of ketones is 1. The molecule has 1 saturated heterocycles. The minimum absolute atomic E-state index is 0.0135. The molecule has 0 bridgehead atoms. The van der Waals surface area contributed by atoms with Crippen LogP contribution in [0.5, 0.6) is 0 Å². The van der Waals surface area contributed by atoms with Crippen LogP contribution in [0.3, 0.4) is 0 Å². The Labute approximate surface area is 108 Å². The van der Waals surface area contributed by atoms with Crippen molar-refractivity contribution in [3.8, 4) is 0 Å². The Balaban J connectivity index is 2.05. The average molecular weight is 247 g/mol. The van der Waals surface area contributed by atoms with Gasteiger partial charge < -0.3 is 16.0 Å². The van der Waals surface area contributed by atoms with Crippen LogP contribution in [0.25, 0.3) is 0 Å². The number of hydrogen-bond donors (Lipinski definition) is 2. The van der Waals surface area contributed by atoms with Gasteiger partial charge in [0.2, 0.25) is 0 Å². The van der Waals surface area contributed by atoms with Crippen molar-refractivity contribution in [1.29, 1.82) is 0 Å². The molecule has 0 spiro atoms. The molecule has 1 aromatic carbocycles. The zero-order chi connectivity index (χ0) is 13.1. The van der Waals surface area contributed by atoms with Gasteiger partial charge in [-0.3, -0.25) is 4.79 Å². The first-order valence-electron chi connectivity index (χ1n) is 6.42. The first-order chi connectivity index (χ1) is 8.56. The van der Waals surface area contributed by atoms with Crippen molar-refractivity contribution in [2.75, 3.05) is 31.2 Å². The third-order valence-corrected chi connectivity index (χ3v) is 3.52. The third kappa shape index (κ3) is 3.01. The van der Waals surface area contributed by atoms with Gasteiger partial charge in [0.1, 0.15) is 0 Å². The number of nitrogens with two attached hydrogens (primary N) is 1. The van der Waals surface area contributed by atoms with Crippen molar-refractivity contribution in [2.24, 2.45) is 0 Å². The molecule has 1 fully saturated rings. The molecule has 1 aliphatic rings. The van der Waals surface area contributed by atoms with Gasteiger partial charge in [-0.1, -0.05) is 0 Å². The van der Waals surface area contributed by atoms with Crippen LogP contribution in [0, 0.1) is 0 Å². The Hall–Kier alpha value is -1.55. The van der Waals surface area contributed by atoms with Gasteiger partial charge in [-0.15, -0.1) is 0 Å². The van der Waals surface area contributed by atoms with Crippen molar-refractivity contribution in [3.63, 3.8) is 0 Å². The predicted octanol–water partition coefficient (Wildman–Crippen LogP) is 1.98. The molecule has 0 aromatic heterocycles. The molecule has 0 radical (unpaired) electrons. The van der Waals surface area contributed by atoms with Gasteiger partial charge in [0.05, 0.1) is 0 Å². The third-order valence-electron chi connectivity index (χ3n) is 3.52. The van der Waals surface area contributed by atoms with Crippen LogP contribution in [0.1, 0.15) is 30.1 Å². The summed E-state index contributed by atoms with van der Waals surface area (Å²) < 4.78 is 0. The number of carbonyl (C=O) groups excluding carboxylic acids is 1. The number of nitrogens with zero attached hydrogens (tertiary/aromatic N) is 1. The summed E-state index contributed by atoms with van der Waals surface area (Å²) in [5.74, 6) is 0.0135. The lowest BCUT2D eigenvalue weighted by Crippen LogP contribution is -2.36. The summed E-state index contributed by atoms with van der Waals surface area (Å²) in [6.45, 7) is 3.78. The number of rotatable bonds is 3. The largest absolute Gasteiger partial charge is 0.398 e.